The van der Waals surface area contributed by atoms with Gasteiger partial charge in [-0.25, -0.2) is 9.78 Å². The van der Waals surface area contributed by atoms with Gasteiger partial charge in [-0.15, -0.1) is 11.3 Å². The van der Waals surface area contributed by atoms with E-state index in [4.69, 9.17) is 10.5 Å². The number of thiazole rings is 1. The van der Waals surface area contributed by atoms with Crippen LogP contribution in [0.25, 0.3) is 0 Å². The van der Waals surface area contributed by atoms with Crippen LogP contribution in [0.3, 0.4) is 0 Å². The lowest BCUT2D eigenvalue weighted by molar-refractivity contribution is 0.0601. The molecular weight excluding hydrogens is 268 g/mol. The molecule has 94 valence electrons. The second-order valence-corrected chi connectivity index (χ2v) is 5.58. The van der Waals surface area contributed by atoms with E-state index >= 15 is 0 Å². The minimum absolute atomic E-state index is 0.400. The van der Waals surface area contributed by atoms with Gasteiger partial charge in [0.15, 0.2) is 0 Å². The number of anilines is 1. The Balaban J connectivity index is 2.21. The summed E-state index contributed by atoms with van der Waals surface area (Å²) in [6, 6.07) is 5.41. The number of hydrogen-bond donors (Lipinski definition) is 1. The number of carbonyl (C=O) groups excluding carboxylic acids is 1. The highest BCUT2D eigenvalue weighted by atomic mass is 32.2. The van der Waals surface area contributed by atoms with E-state index in [1.165, 1.54) is 7.11 Å². The molecule has 1 aromatic heterocycles. The van der Waals surface area contributed by atoms with E-state index in [-0.39, 0.29) is 0 Å². The highest BCUT2D eigenvalue weighted by Gasteiger charge is 2.15. The van der Waals surface area contributed by atoms with Crippen molar-refractivity contribution in [3.8, 4) is 0 Å². The van der Waals surface area contributed by atoms with Crippen LogP contribution in [0.2, 0.25) is 0 Å². The average Bonchev–Trinajstić information content (AvgIpc) is 2.88. The third-order valence-corrected chi connectivity index (χ3v) is 4.35. The minimum atomic E-state index is -0.400. The van der Waals surface area contributed by atoms with Crippen molar-refractivity contribution in [1.82, 2.24) is 4.98 Å². The highest BCUT2D eigenvalue weighted by molar-refractivity contribution is 8.00. The minimum Gasteiger partial charge on any atom is -0.465 e. The Morgan fingerprint density at radius 2 is 2.39 bits per heavy atom. The number of methoxy groups -OCH3 is 1. The second-order valence-electron chi connectivity index (χ2n) is 3.46. The van der Waals surface area contributed by atoms with Crippen molar-refractivity contribution in [3.05, 3.63) is 40.9 Å². The van der Waals surface area contributed by atoms with Crippen LogP contribution < -0.4 is 5.73 Å². The molecule has 0 aliphatic heterocycles. The molecule has 0 spiro atoms. The molecule has 0 bridgehead atoms. The highest BCUT2D eigenvalue weighted by Crippen LogP contribution is 2.28. The topological polar surface area (TPSA) is 65.2 Å². The van der Waals surface area contributed by atoms with Gasteiger partial charge in [0.2, 0.25) is 0 Å². The fraction of sp³-hybridized carbons (Fsp3) is 0.167. The van der Waals surface area contributed by atoms with Gasteiger partial charge >= 0.3 is 5.97 Å². The summed E-state index contributed by atoms with van der Waals surface area (Å²) in [5, 5.41) is 1.92. The number of ether oxygens (including phenoxy) is 1. The average molecular weight is 280 g/mol. The molecule has 4 nitrogen and oxygen atoms in total. The second kappa shape index (κ2) is 5.88. The van der Waals surface area contributed by atoms with Gasteiger partial charge in [0.1, 0.15) is 4.34 Å². The van der Waals surface area contributed by atoms with Gasteiger partial charge in [-0.3, -0.25) is 0 Å². The Labute approximate surface area is 113 Å². The van der Waals surface area contributed by atoms with Crippen molar-refractivity contribution in [2.24, 2.45) is 0 Å². The van der Waals surface area contributed by atoms with Gasteiger partial charge in [0.25, 0.3) is 0 Å². The molecule has 6 heteroatoms. The van der Waals surface area contributed by atoms with E-state index < -0.39 is 5.97 Å². The van der Waals surface area contributed by atoms with Crippen molar-refractivity contribution >= 4 is 34.8 Å². The molecule has 2 aromatic rings. The van der Waals surface area contributed by atoms with Crippen LogP contribution >= 0.6 is 23.1 Å². The number of benzene rings is 1. The summed E-state index contributed by atoms with van der Waals surface area (Å²) in [5.74, 6) is 0.242. The molecule has 0 saturated heterocycles. The largest absolute Gasteiger partial charge is 0.465 e. The van der Waals surface area contributed by atoms with Crippen molar-refractivity contribution in [2.75, 3.05) is 12.8 Å². The van der Waals surface area contributed by atoms with Gasteiger partial charge < -0.3 is 10.5 Å². The molecule has 1 heterocycles. The predicted molar refractivity (Wildman–Crippen MR) is 73.9 cm³/mol. The van der Waals surface area contributed by atoms with Crippen LogP contribution in [0.1, 0.15) is 15.9 Å². The molecule has 0 saturated carbocycles. The number of rotatable bonds is 4. The predicted octanol–water partition coefficient (Wildman–Crippen LogP) is 2.80. The standard InChI is InChI=1S/C12H12N2O2S2/c1-16-11(15)10-8(3-2-4-9(10)13)7-18-12-14-5-6-17-12/h2-6H,7,13H2,1H3. The van der Waals surface area contributed by atoms with Crippen LogP contribution in [0.15, 0.2) is 34.1 Å². The Hall–Kier alpha value is -1.53. The molecule has 1 aromatic carbocycles. The molecule has 2 N–H and O–H groups in total. The summed E-state index contributed by atoms with van der Waals surface area (Å²) in [5.41, 5.74) is 7.58. The zero-order valence-corrected chi connectivity index (χ0v) is 11.4. The molecule has 0 aliphatic carbocycles. The van der Waals surface area contributed by atoms with Crippen molar-refractivity contribution in [1.29, 1.82) is 0 Å². The fourth-order valence-corrected chi connectivity index (χ4v) is 3.14. The van der Waals surface area contributed by atoms with E-state index in [0.717, 1.165) is 9.90 Å². The number of aromatic nitrogens is 1. The van der Waals surface area contributed by atoms with E-state index in [2.05, 4.69) is 4.98 Å². The lowest BCUT2D eigenvalue weighted by Gasteiger charge is -2.09. The maximum Gasteiger partial charge on any atom is 0.340 e. The van der Waals surface area contributed by atoms with Crippen molar-refractivity contribution < 1.29 is 9.53 Å². The van der Waals surface area contributed by atoms with Gasteiger partial charge in [0.05, 0.1) is 12.7 Å². The quantitative estimate of drug-likeness (QED) is 0.530. The first-order valence-corrected chi connectivity index (χ1v) is 7.07. The molecular formula is C12H12N2O2S2. The first-order chi connectivity index (χ1) is 8.72. The van der Waals surface area contributed by atoms with Crippen LogP contribution in [0.5, 0.6) is 0 Å². The first-order valence-electron chi connectivity index (χ1n) is 5.20. The summed E-state index contributed by atoms with van der Waals surface area (Å²) < 4.78 is 5.72. The Bertz CT molecular complexity index is 541. The van der Waals surface area contributed by atoms with E-state index in [1.54, 1.807) is 35.4 Å². The number of esters is 1. The molecule has 0 aliphatic rings. The van der Waals surface area contributed by atoms with E-state index in [0.29, 0.717) is 17.0 Å². The van der Waals surface area contributed by atoms with Crippen LogP contribution in [-0.4, -0.2) is 18.1 Å². The summed E-state index contributed by atoms with van der Waals surface area (Å²) in [6.45, 7) is 0. The molecule has 18 heavy (non-hydrogen) atoms. The summed E-state index contributed by atoms with van der Waals surface area (Å²) in [7, 11) is 1.35. The zero-order chi connectivity index (χ0) is 13.0. The number of nitrogens with zero attached hydrogens (tertiary/aromatic N) is 1. The monoisotopic (exact) mass is 280 g/mol. The van der Waals surface area contributed by atoms with Crippen molar-refractivity contribution in [2.45, 2.75) is 10.1 Å². The fourth-order valence-electron chi connectivity index (χ4n) is 1.51. The number of thioether (sulfide) groups is 1. The van der Waals surface area contributed by atoms with Gasteiger partial charge in [-0.05, 0) is 11.6 Å². The van der Waals surface area contributed by atoms with Crippen LogP contribution in [0.4, 0.5) is 5.69 Å². The van der Waals surface area contributed by atoms with Crippen LogP contribution in [0, 0.1) is 0 Å². The summed E-state index contributed by atoms with van der Waals surface area (Å²) >= 11 is 3.15. The lowest BCUT2D eigenvalue weighted by Crippen LogP contribution is -2.09. The number of hydrogen-bond acceptors (Lipinski definition) is 6. The molecule has 0 fully saturated rings. The number of nitrogens with two attached hydrogens (primary N) is 1. The lowest BCUT2D eigenvalue weighted by atomic mass is 10.1. The summed E-state index contributed by atoms with van der Waals surface area (Å²) in [6.07, 6.45) is 1.76. The van der Waals surface area contributed by atoms with Gasteiger partial charge in [-0.2, -0.15) is 0 Å². The Kier molecular flexibility index (Phi) is 4.22. The van der Waals surface area contributed by atoms with Crippen molar-refractivity contribution in [3.63, 3.8) is 0 Å². The Morgan fingerprint density at radius 3 is 3.06 bits per heavy atom. The maximum absolute atomic E-state index is 11.7. The number of nitrogen functional groups attached to an aromatic ring is 1. The SMILES string of the molecule is COC(=O)c1c(N)cccc1CSc1nccs1. The van der Waals surface area contributed by atoms with Crippen LogP contribution in [-0.2, 0) is 10.5 Å². The molecule has 0 unspecified atom stereocenters. The first kappa shape index (κ1) is 12.9. The number of carbonyl (C=O) groups is 1. The van der Waals surface area contributed by atoms with Gasteiger partial charge in [0, 0.05) is 23.0 Å². The molecule has 0 radical (unpaired) electrons. The van der Waals surface area contributed by atoms with E-state index in [1.807, 2.05) is 17.5 Å². The third kappa shape index (κ3) is 2.83. The zero-order valence-electron chi connectivity index (χ0n) is 9.75. The summed E-state index contributed by atoms with van der Waals surface area (Å²) in [4.78, 5) is 15.9. The molecule has 2 rings (SSSR count). The van der Waals surface area contributed by atoms with Gasteiger partial charge in [-0.1, -0.05) is 23.9 Å². The third-order valence-electron chi connectivity index (χ3n) is 2.33. The Morgan fingerprint density at radius 1 is 1.56 bits per heavy atom. The molecule has 0 atom stereocenters. The maximum atomic E-state index is 11.7. The smallest absolute Gasteiger partial charge is 0.340 e. The van der Waals surface area contributed by atoms with E-state index in [9.17, 15) is 4.79 Å². The molecule has 0 amide bonds. The normalized spacial score (nSPS) is 10.3.